The van der Waals surface area contributed by atoms with Crippen molar-refractivity contribution in [3.05, 3.63) is 58.7 Å². The van der Waals surface area contributed by atoms with Gasteiger partial charge in [-0.05, 0) is 54.8 Å². The predicted molar refractivity (Wildman–Crippen MR) is 112 cm³/mol. The number of carboxylic acid groups (broad SMARTS) is 1. The third kappa shape index (κ3) is 3.84. The Morgan fingerprint density at radius 3 is 2.54 bits per heavy atom. The number of phenols is 1. The lowest BCUT2D eigenvalue weighted by molar-refractivity contribution is 0.0693. The molecule has 3 rings (SSSR count). The van der Waals surface area contributed by atoms with Crippen LogP contribution in [0.15, 0.2) is 36.4 Å². The second-order valence-corrected chi connectivity index (χ2v) is 8.56. The first-order chi connectivity index (χ1) is 13.4. The van der Waals surface area contributed by atoms with E-state index in [4.69, 9.17) is 9.84 Å². The first-order valence-electron chi connectivity index (χ1n) is 8.40. The Balaban J connectivity index is 1.90. The van der Waals surface area contributed by atoms with Crippen LogP contribution in [0.25, 0.3) is 0 Å². The van der Waals surface area contributed by atoms with Crippen molar-refractivity contribution in [2.75, 3.05) is 19.1 Å². The van der Waals surface area contributed by atoms with E-state index in [2.05, 4.69) is 11.8 Å². The number of aromatic hydroxyl groups is 1. The van der Waals surface area contributed by atoms with Crippen molar-refractivity contribution in [3.8, 4) is 23.3 Å². The molecule has 144 valence electrons. The molecule has 0 amide bonds. The first-order valence-corrected chi connectivity index (χ1v) is 10.9. The fourth-order valence-electron chi connectivity index (χ4n) is 3.02. The average Bonchev–Trinajstić information content (AvgIpc) is 2.70. The van der Waals surface area contributed by atoms with Gasteiger partial charge in [0.2, 0.25) is 5.78 Å². The van der Waals surface area contributed by atoms with Crippen LogP contribution in [0, 0.1) is 11.8 Å². The highest BCUT2D eigenvalue weighted by atomic mass is 32.2. The number of fused-ring (bicyclic) bond motifs is 1. The van der Waals surface area contributed by atoms with Crippen LogP contribution in [0.3, 0.4) is 0 Å². The molecule has 0 bridgehead atoms. The molecule has 0 aliphatic carbocycles. The van der Waals surface area contributed by atoms with Gasteiger partial charge in [-0.3, -0.25) is 4.79 Å². The summed E-state index contributed by atoms with van der Waals surface area (Å²) in [6.07, 6.45) is 4.95. The smallest absolute Gasteiger partial charge is 0.339 e. The van der Waals surface area contributed by atoms with Gasteiger partial charge in [-0.25, -0.2) is 4.79 Å². The van der Waals surface area contributed by atoms with Gasteiger partial charge in [-0.2, -0.15) is 0 Å². The number of carboxylic acids is 1. The second kappa shape index (κ2) is 8.21. The summed E-state index contributed by atoms with van der Waals surface area (Å²) in [5.41, 5.74) is 1.60. The third-order valence-electron chi connectivity index (χ3n) is 4.55. The molecule has 0 atom stereocenters. The molecule has 5 nitrogen and oxygen atoms in total. The number of benzene rings is 2. The Hall–Kier alpha value is -2.56. The van der Waals surface area contributed by atoms with Gasteiger partial charge in [-0.1, -0.05) is 5.92 Å². The van der Waals surface area contributed by atoms with Crippen molar-refractivity contribution in [1.82, 2.24) is 0 Å². The summed E-state index contributed by atoms with van der Waals surface area (Å²) >= 11 is 3.46. The molecule has 0 unspecified atom stereocenters. The van der Waals surface area contributed by atoms with E-state index >= 15 is 0 Å². The number of aromatic carboxylic acids is 1. The zero-order valence-electron chi connectivity index (χ0n) is 15.3. The Morgan fingerprint density at radius 1 is 1.14 bits per heavy atom. The summed E-state index contributed by atoms with van der Waals surface area (Å²) in [6, 6.07) is 9.28. The van der Waals surface area contributed by atoms with Crippen LogP contribution in [-0.4, -0.2) is 41.1 Å². The lowest BCUT2D eigenvalue weighted by atomic mass is 10.00. The van der Waals surface area contributed by atoms with Gasteiger partial charge in [0, 0.05) is 23.1 Å². The summed E-state index contributed by atoms with van der Waals surface area (Å²) < 4.78 is 5.58. The largest absolute Gasteiger partial charge is 0.507 e. The van der Waals surface area contributed by atoms with Crippen LogP contribution in [0.1, 0.15) is 38.3 Å². The summed E-state index contributed by atoms with van der Waals surface area (Å²) in [4.78, 5) is 23.5. The maximum absolute atomic E-state index is 12.6. The molecule has 0 saturated heterocycles. The van der Waals surface area contributed by atoms with Crippen LogP contribution in [0.4, 0.5) is 0 Å². The number of Topliss-reactive ketones (excluding diaryl/α,β-unsaturated/α-hetero) is 1. The standard InChI is InChI=1S/C21H18O5S2/c1-27-21(28-2)9-10-26-19-8-5-14(12-16(19)21)17(22)7-4-13-3-6-15(20(24)25)18(23)11-13/h3,5-6,8,11-12,23H,9-10H2,1-2H3,(H,24,25). The maximum Gasteiger partial charge on any atom is 0.339 e. The predicted octanol–water partition coefficient (Wildman–Crippen LogP) is 3.99. The van der Waals surface area contributed by atoms with E-state index < -0.39 is 5.97 Å². The highest BCUT2D eigenvalue weighted by Gasteiger charge is 2.37. The zero-order chi connectivity index (χ0) is 20.3. The van der Waals surface area contributed by atoms with Gasteiger partial charge in [0.05, 0.1) is 10.7 Å². The van der Waals surface area contributed by atoms with Crippen molar-refractivity contribution in [2.24, 2.45) is 0 Å². The summed E-state index contributed by atoms with van der Waals surface area (Å²) in [6.45, 7) is 0.637. The first kappa shape index (κ1) is 20.2. The molecule has 0 fully saturated rings. The van der Waals surface area contributed by atoms with E-state index in [9.17, 15) is 14.7 Å². The van der Waals surface area contributed by atoms with Crippen LogP contribution in [0.5, 0.6) is 11.5 Å². The summed E-state index contributed by atoms with van der Waals surface area (Å²) in [5, 5.41) is 18.7. The molecule has 0 radical (unpaired) electrons. The lowest BCUT2D eigenvalue weighted by Gasteiger charge is -2.36. The molecule has 1 aliphatic rings. The molecular weight excluding hydrogens is 396 g/mol. The second-order valence-electron chi connectivity index (χ2n) is 6.09. The van der Waals surface area contributed by atoms with E-state index in [1.807, 2.05) is 18.6 Å². The highest BCUT2D eigenvalue weighted by Crippen LogP contribution is 2.52. The summed E-state index contributed by atoms with van der Waals surface area (Å²) in [7, 11) is 0. The van der Waals surface area contributed by atoms with Crippen LogP contribution in [0.2, 0.25) is 0 Å². The van der Waals surface area contributed by atoms with Crippen LogP contribution in [-0.2, 0) is 4.08 Å². The molecule has 0 aromatic heterocycles. The fraction of sp³-hybridized carbons (Fsp3) is 0.238. The number of carbonyl (C=O) groups is 2. The van der Waals surface area contributed by atoms with Gasteiger partial charge in [0.1, 0.15) is 17.1 Å². The number of rotatable bonds is 4. The average molecular weight is 415 g/mol. The molecule has 1 aliphatic heterocycles. The fourth-order valence-corrected chi connectivity index (χ4v) is 5.02. The number of thioether (sulfide) groups is 2. The normalized spacial score (nSPS) is 14.2. The molecule has 0 saturated carbocycles. The van der Waals surface area contributed by atoms with Gasteiger partial charge >= 0.3 is 5.97 Å². The molecule has 0 spiro atoms. The minimum atomic E-state index is -1.23. The molecule has 7 heteroatoms. The Kier molecular flexibility index (Phi) is 5.92. The number of carbonyl (C=O) groups excluding carboxylic acids is 1. The number of hydrogen-bond donors (Lipinski definition) is 2. The van der Waals surface area contributed by atoms with Gasteiger partial charge < -0.3 is 14.9 Å². The number of ether oxygens (including phenoxy) is 1. The van der Waals surface area contributed by atoms with E-state index in [0.717, 1.165) is 17.7 Å². The molecular formula is C21H18O5S2. The van der Waals surface area contributed by atoms with Gasteiger partial charge in [-0.15, -0.1) is 23.5 Å². The monoisotopic (exact) mass is 414 g/mol. The molecule has 2 N–H and O–H groups in total. The quantitative estimate of drug-likeness (QED) is 0.445. The minimum Gasteiger partial charge on any atom is -0.507 e. The maximum atomic E-state index is 12.6. The molecule has 2 aromatic rings. The topological polar surface area (TPSA) is 83.8 Å². The number of hydrogen-bond acceptors (Lipinski definition) is 6. The lowest BCUT2D eigenvalue weighted by Crippen LogP contribution is -2.26. The Labute approximate surface area is 171 Å². The summed E-state index contributed by atoms with van der Waals surface area (Å²) in [5.74, 6) is 4.06. The molecule has 1 heterocycles. The van der Waals surface area contributed by atoms with E-state index in [1.165, 1.54) is 18.2 Å². The van der Waals surface area contributed by atoms with Crippen molar-refractivity contribution < 1.29 is 24.5 Å². The van der Waals surface area contributed by atoms with Gasteiger partial charge in [0.15, 0.2) is 0 Å². The van der Waals surface area contributed by atoms with E-state index in [-0.39, 0.29) is 21.2 Å². The minimum absolute atomic E-state index is 0.157. The van der Waals surface area contributed by atoms with Crippen LogP contribution < -0.4 is 4.74 Å². The van der Waals surface area contributed by atoms with E-state index in [1.54, 1.807) is 35.7 Å². The van der Waals surface area contributed by atoms with Crippen molar-refractivity contribution in [1.29, 1.82) is 0 Å². The zero-order valence-corrected chi connectivity index (χ0v) is 16.9. The SMILES string of the molecule is CSC1(SC)CCOc2ccc(C(=O)C#Cc3ccc(C(=O)O)c(O)c3)cc21. The van der Waals surface area contributed by atoms with Crippen molar-refractivity contribution in [3.63, 3.8) is 0 Å². The number of ketones is 1. The molecule has 28 heavy (non-hydrogen) atoms. The Bertz CT molecular complexity index is 1000. The van der Waals surface area contributed by atoms with Crippen LogP contribution >= 0.6 is 23.5 Å². The highest BCUT2D eigenvalue weighted by molar-refractivity contribution is 8.16. The third-order valence-corrected chi connectivity index (χ3v) is 7.72. The van der Waals surface area contributed by atoms with E-state index in [0.29, 0.717) is 17.7 Å². The van der Waals surface area contributed by atoms with Gasteiger partial charge in [0.25, 0.3) is 0 Å². The molecule has 2 aromatic carbocycles. The Morgan fingerprint density at radius 2 is 1.89 bits per heavy atom. The van der Waals surface area contributed by atoms with Crippen molar-refractivity contribution >= 4 is 35.3 Å². The van der Waals surface area contributed by atoms with Crippen molar-refractivity contribution in [2.45, 2.75) is 10.5 Å².